The lowest BCUT2D eigenvalue weighted by Gasteiger charge is -2.31. The molecule has 176 valence electrons. The second-order valence-corrected chi connectivity index (χ2v) is 7.72. The van der Waals surface area contributed by atoms with Crippen molar-refractivity contribution in [1.82, 2.24) is 20.5 Å². The average molecular weight is 463 g/mol. The lowest BCUT2D eigenvalue weighted by Crippen LogP contribution is -2.44. The summed E-state index contributed by atoms with van der Waals surface area (Å²) in [6, 6.07) is 3.05. The van der Waals surface area contributed by atoms with Crippen LogP contribution in [0.4, 0.5) is 13.2 Å². The van der Waals surface area contributed by atoms with Gasteiger partial charge in [0.2, 0.25) is 5.91 Å². The molecule has 0 aromatic carbocycles. The molecule has 1 atom stereocenters. The van der Waals surface area contributed by atoms with E-state index >= 15 is 0 Å². The Morgan fingerprint density at radius 2 is 2.09 bits per heavy atom. The molecular weight excluding hydrogens is 439 g/mol. The lowest BCUT2D eigenvalue weighted by atomic mass is 9.99. The molecule has 3 rings (SSSR count). The third-order valence-corrected chi connectivity index (χ3v) is 5.22. The lowest BCUT2D eigenvalue weighted by molar-refractivity contribution is -0.141. The first kappa shape index (κ1) is 24.2. The maximum atomic E-state index is 12.8. The number of alkyl halides is 3. The van der Waals surface area contributed by atoms with E-state index in [1.165, 1.54) is 30.5 Å². The fourth-order valence-corrected chi connectivity index (χ4v) is 3.47. The van der Waals surface area contributed by atoms with Crippen LogP contribution in [0.15, 0.2) is 53.9 Å². The summed E-state index contributed by atoms with van der Waals surface area (Å²) in [4.78, 5) is 29.7. The van der Waals surface area contributed by atoms with Gasteiger partial charge in [0.15, 0.2) is 0 Å². The van der Waals surface area contributed by atoms with Gasteiger partial charge in [0.25, 0.3) is 5.91 Å². The van der Waals surface area contributed by atoms with Gasteiger partial charge in [-0.1, -0.05) is 6.07 Å². The molecule has 1 aromatic rings. The van der Waals surface area contributed by atoms with Gasteiger partial charge in [0.05, 0.1) is 12.3 Å². The molecule has 1 saturated heterocycles. The number of nitrogens with one attached hydrogen (secondary N) is 3. The number of pyridine rings is 1. The van der Waals surface area contributed by atoms with E-state index in [1.54, 1.807) is 4.90 Å². The molecule has 0 bridgehead atoms. The number of hydrogen-bond acceptors (Lipinski definition) is 6. The van der Waals surface area contributed by atoms with Crippen molar-refractivity contribution in [2.75, 3.05) is 26.2 Å². The van der Waals surface area contributed by atoms with Crippen LogP contribution in [0.25, 0.3) is 0 Å². The SMILES string of the molecule is N=C1C=CC(NC(=O)c2cccc(C(F)(F)F)n2)=C/C1=C/NCC(=O)N1CCC[C@H](CO)C1. The Hall–Kier alpha value is -3.47. The topological polar surface area (TPSA) is 118 Å². The molecular formula is C22H24F3N5O3. The van der Waals surface area contributed by atoms with E-state index in [-0.39, 0.29) is 36.4 Å². The molecule has 33 heavy (non-hydrogen) atoms. The Kier molecular flexibility index (Phi) is 7.64. The minimum absolute atomic E-state index is 0.00231. The molecule has 2 heterocycles. The van der Waals surface area contributed by atoms with E-state index in [1.807, 2.05) is 0 Å². The molecule has 1 fully saturated rings. The van der Waals surface area contributed by atoms with Crippen LogP contribution in [0, 0.1) is 11.3 Å². The maximum Gasteiger partial charge on any atom is 0.433 e. The maximum absolute atomic E-state index is 12.8. The molecule has 2 amide bonds. The summed E-state index contributed by atoms with van der Waals surface area (Å²) in [5, 5.41) is 22.6. The minimum atomic E-state index is -4.67. The van der Waals surface area contributed by atoms with Crippen molar-refractivity contribution in [3.63, 3.8) is 0 Å². The van der Waals surface area contributed by atoms with Gasteiger partial charge in [-0.3, -0.25) is 9.59 Å². The summed E-state index contributed by atoms with van der Waals surface area (Å²) in [6.45, 7) is 1.18. The summed E-state index contributed by atoms with van der Waals surface area (Å²) < 4.78 is 38.5. The first-order valence-corrected chi connectivity index (χ1v) is 10.3. The number of likely N-dealkylation sites (tertiary alicyclic amines) is 1. The number of amides is 2. The zero-order valence-corrected chi connectivity index (χ0v) is 17.7. The van der Waals surface area contributed by atoms with Gasteiger partial charge < -0.3 is 26.0 Å². The monoisotopic (exact) mass is 463 g/mol. The van der Waals surface area contributed by atoms with Gasteiger partial charge in [-0.2, -0.15) is 13.2 Å². The van der Waals surface area contributed by atoms with Gasteiger partial charge >= 0.3 is 6.18 Å². The third kappa shape index (κ3) is 6.51. The van der Waals surface area contributed by atoms with Gasteiger partial charge in [0, 0.05) is 37.2 Å². The summed E-state index contributed by atoms with van der Waals surface area (Å²) in [5.74, 6) is -0.870. The van der Waals surface area contributed by atoms with Crippen molar-refractivity contribution in [3.05, 3.63) is 65.3 Å². The average Bonchev–Trinajstić information content (AvgIpc) is 2.80. The van der Waals surface area contributed by atoms with Crippen LogP contribution in [0.1, 0.15) is 29.0 Å². The first-order valence-electron chi connectivity index (χ1n) is 10.3. The van der Waals surface area contributed by atoms with Crippen molar-refractivity contribution < 1.29 is 27.9 Å². The Morgan fingerprint density at radius 3 is 2.82 bits per heavy atom. The second-order valence-electron chi connectivity index (χ2n) is 7.72. The molecule has 0 spiro atoms. The number of allylic oxidation sites excluding steroid dienone is 4. The highest BCUT2D eigenvalue weighted by Crippen LogP contribution is 2.27. The molecule has 1 aliphatic carbocycles. The number of aromatic nitrogens is 1. The van der Waals surface area contributed by atoms with Crippen LogP contribution >= 0.6 is 0 Å². The van der Waals surface area contributed by atoms with Gasteiger partial charge in [-0.25, -0.2) is 4.98 Å². The smallest absolute Gasteiger partial charge is 0.396 e. The van der Waals surface area contributed by atoms with Crippen molar-refractivity contribution >= 4 is 17.5 Å². The predicted molar refractivity (Wildman–Crippen MR) is 114 cm³/mol. The highest BCUT2D eigenvalue weighted by Gasteiger charge is 2.33. The Morgan fingerprint density at radius 1 is 1.30 bits per heavy atom. The van der Waals surface area contributed by atoms with E-state index < -0.39 is 23.5 Å². The summed E-state index contributed by atoms with van der Waals surface area (Å²) >= 11 is 0. The highest BCUT2D eigenvalue weighted by molar-refractivity contribution is 6.10. The van der Waals surface area contributed by atoms with Gasteiger partial charge in [0.1, 0.15) is 11.4 Å². The van der Waals surface area contributed by atoms with E-state index in [9.17, 15) is 27.9 Å². The molecule has 1 aromatic heterocycles. The third-order valence-electron chi connectivity index (χ3n) is 5.22. The predicted octanol–water partition coefficient (Wildman–Crippen LogP) is 2.01. The number of nitrogens with zero attached hydrogens (tertiary/aromatic N) is 2. The summed E-state index contributed by atoms with van der Waals surface area (Å²) in [7, 11) is 0. The molecule has 0 saturated carbocycles. The number of hydrogen-bond donors (Lipinski definition) is 4. The number of aliphatic hydroxyl groups excluding tert-OH is 1. The molecule has 8 nitrogen and oxygen atoms in total. The van der Waals surface area contributed by atoms with E-state index in [0.29, 0.717) is 18.7 Å². The molecule has 1 aliphatic heterocycles. The van der Waals surface area contributed by atoms with Gasteiger partial charge in [-0.05, 0) is 49.1 Å². The van der Waals surface area contributed by atoms with E-state index in [2.05, 4.69) is 15.6 Å². The Labute approximate surface area is 188 Å². The summed E-state index contributed by atoms with van der Waals surface area (Å²) in [6.07, 6.45) is 2.85. The molecule has 11 heteroatoms. The molecule has 0 unspecified atom stereocenters. The normalized spacial score (nSPS) is 19.9. The fraction of sp³-hybridized carbons (Fsp3) is 0.364. The molecule has 0 radical (unpaired) electrons. The number of carbonyl (C=O) groups is 2. The van der Waals surface area contributed by atoms with Crippen LogP contribution in [-0.4, -0.2) is 58.8 Å². The number of piperidine rings is 1. The number of aliphatic hydroxyl groups is 1. The second kappa shape index (κ2) is 10.4. The largest absolute Gasteiger partial charge is 0.433 e. The number of halogens is 3. The standard InChI is InChI=1S/C22H24F3N5O3/c23-22(24,25)19-5-1-4-18(29-19)21(33)28-16-6-7-17(26)15(9-16)10-27-11-20(32)30-8-2-3-14(12-30)13-31/h1,4-7,9-10,14,26-27,31H,2-3,8,11-13H2,(H,28,33)/b15-10-,26-17?/t14-/m0/s1. The first-order chi connectivity index (χ1) is 15.7. The van der Waals surface area contributed by atoms with Crippen molar-refractivity contribution in [2.24, 2.45) is 5.92 Å². The van der Waals surface area contributed by atoms with E-state index in [0.717, 1.165) is 25.0 Å². The van der Waals surface area contributed by atoms with Crippen molar-refractivity contribution in [3.8, 4) is 0 Å². The zero-order valence-electron chi connectivity index (χ0n) is 17.7. The van der Waals surface area contributed by atoms with Crippen LogP contribution in [-0.2, 0) is 11.0 Å². The van der Waals surface area contributed by atoms with E-state index in [4.69, 9.17) is 5.41 Å². The van der Waals surface area contributed by atoms with Crippen LogP contribution in [0.3, 0.4) is 0 Å². The fourth-order valence-electron chi connectivity index (χ4n) is 3.47. The molecule has 4 N–H and O–H groups in total. The quantitative estimate of drug-likeness (QED) is 0.515. The Bertz CT molecular complexity index is 1020. The highest BCUT2D eigenvalue weighted by atomic mass is 19.4. The summed E-state index contributed by atoms with van der Waals surface area (Å²) in [5.41, 5.74) is -0.792. The van der Waals surface area contributed by atoms with Crippen LogP contribution in [0.5, 0.6) is 0 Å². The number of rotatable bonds is 6. The van der Waals surface area contributed by atoms with Crippen LogP contribution in [0.2, 0.25) is 0 Å². The zero-order chi connectivity index (χ0) is 24.0. The van der Waals surface area contributed by atoms with Gasteiger partial charge in [-0.15, -0.1) is 0 Å². The molecule has 2 aliphatic rings. The van der Waals surface area contributed by atoms with Crippen LogP contribution < -0.4 is 10.6 Å². The minimum Gasteiger partial charge on any atom is -0.396 e. The van der Waals surface area contributed by atoms with Crippen molar-refractivity contribution in [2.45, 2.75) is 19.0 Å². The van der Waals surface area contributed by atoms with Crippen molar-refractivity contribution in [1.29, 1.82) is 5.41 Å². The Balaban J connectivity index is 1.61. The number of carbonyl (C=O) groups excluding carboxylic acids is 2.